The predicted octanol–water partition coefficient (Wildman–Crippen LogP) is 4.87. The summed E-state index contributed by atoms with van der Waals surface area (Å²) in [5, 5.41) is 9.89. The number of hydrogen-bond acceptors (Lipinski definition) is 1. The van der Waals surface area contributed by atoms with Crippen LogP contribution in [0.4, 0.5) is 0 Å². The second-order valence-electron chi connectivity index (χ2n) is 8.79. The number of carboxylic acid groups (broad SMARTS) is 1. The molecule has 4 fully saturated rings. The van der Waals surface area contributed by atoms with Crippen molar-refractivity contribution in [3.05, 3.63) is 0 Å². The van der Waals surface area contributed by atoms with Crippen molar-refractivity contribution in [1.29, 1.82) is 0 Å². The standard InChI is InChI=1S/C19H30O2/c1-18-10-3-2-5-13(18)7-8-14-15(18)9-12-19(17(20)21)11-4-6-16(14)19/h13-16H,2-12H2,1H3,(H,20,21)/t13?,14-,15+,16+,18+,19-/m1/s1. The first-order chi connectivity index (χ1) is 10.1. The third-order valence-corrected chi connectivity index (χ3v) is 8.36. The lowest BCUT2D eigenvalue weighted by atomic mass is 9.45. The Morgan fingerprint density at radius 1 is 0.905 bits per heavy atom. The van der Waals surface area contributed by atoms with Crippen LogP contribution in [-0.4, -0.2) is 11.1 Å². The zero-order chi connectivity index (χ0) is 14.7. The third-order valence-electron chi connectivity index (χ3n) is 8.36. The minimum Gasteiger partial charge on any atom is -0.481 e. The maximum atomic E-state index is 12.0. The molecule has 6 atom stereocenters. The molecular formula is C19H30O2. The summed E-state index contributed by atoms with van der Waals surface area (Å²) in [6, 6.07) is 0. The number of carbonyl (C=O) groups is 1. The topological polar surface area (TPSA) is 37.3 Å². The number of carboxylic acids is 1. The summed E-state index contributed by atoms with van der Waals surface area (Å²) in [6.45, 7) is 2.57. The molecule has 0 spiro atoms. The molecule has 0 aromatic carbocycles. The first kappa shape index (κ1) is 14.1. The summed E-state index contributed by atoms with van der Waals surface area (Å²) < 4.78 is 0. The van der Waals surface area contributed by atoms with E-state index in [-0.39, 0.29) is 5.41 Å². The van der Waals surface area contributed by atoms with Crippen LogP contribution < -0.4 is 0 Å². The minimum atomic E-state index is -0.473. The molecule has 2 heteroatoms. The van der Waals surface area contributed by atoms with Crippen LogP contribution in [0.2, 0.25) is 0 Å². The van der Waals surface area contributed by atoms with Crippen molar-refractivity contribution in [2.75, 3.05) is 0 Å². The van der Waals surface area contributed by atoms with Gasteiger partial charge in [0, 0.05) is 0 Å². The molecule has 0 bridgehead atoms. The van der Waals surface area contributed by atoms with Gasteiger partial charge in [-0.15, -0.1) is 0 Å². The second kappa shape index (κ2) is 4.73. The van der Waals surface area contributed by atoms with Gasteiger partial charge in [-0.2, -0.15) is 0 Å². The SMILES string of the molecule is C[C@]12CCCCC1CC[C@H]1[C@@H]3CCC[C@@]3(C(=O)O)CC[C@@H]12. The molecule has 2 nitrogen and oxygen atoms in total. The van der Waals surface area contributed by atoms with E-state index < -0.39 is 5.97 Å². The maximum Gasteiger partial charge on any atom is 0.309 e. The van der Waals surface area contributed by atoms with Crippen LogP contribution in [0.15, 0.2) is 0 Å². The van der Waals surface area contributed by atoms with Gasteiger partial charge < -0.3 is 5.11 Å². The summed E-state index contributed by atoms with van der Waals surface area (Å²) in [7, 11) is 0. The number of aliphatic carboxylic acids is 1. The minimum absolute atomic E-state index is 0.334. The number of hydrogen-bond donors (Lipinski definition) is 1. The monoisotopic (exact) mass is 290 g/mol. The van der Waals surface area contributed by atoms with Crippen molar-refractivity contribution >= 4 is 5.97 Å². The number of rotatable bonds is 1. The molecule has 0 aromatic heterocycles. The summed E-state index contributed by atoms with van der Waals surface area (Å²) >= 11 is 0. The van der Waals surface area contributed by atoms with Crippen molar-refractivity contribution < 1.29 is 9.90 Å². The Labute approximate surface area is 128 Å². The fraction of sp³-hybridized carbons (Fsp3) is 0.947. The molecular weight excluding hydrogens is 260 g/mol. The van der Waals surface area contributed by atoms with Crippen LogP contribution in [0.5, 0.6) is 0 Å². The van der Waals surface area contributed by atoms with Crippen LogP contribution in [0, 0.1) is 34.5 Å². The van der Waals surface area contributed by atoms with E-state index >= 15 is 0 Å². The van der Waals surface area contributed by atoms with Crippen LogP contribution >= 0.6 is 0 Å². The highest BCUT2D eigenvalue weighted by molar-refractivity contribution is 5.75. The van der Waals surface area contributed by atoms with Gasteiger partial charge in [0.1, 0.15) is 0 Å². The zero-order valence-electron chi connectivity index (χ0n) is 13.4. The van der Waals surface area contributed by atoms with Gasteiger partial charge in [-0.25, -0.2) is 0 Å². The van der Waals surface area contributed by atoms with Gasteiger partial charge in [0.15, 0.2) is 0 Å². The molecule has 118 valence electrons. The molecule has 1 N–H and O–H groups in total. The average molecular weight is 290 g/mol. The number of fused-ring (bicyclic) bond motifs is 5. The molecule has 0 radical (unpaired) electrons. The molecule has 4 aliphatic carbocycles. The van der Waals surface area contributed by atoms with Crippen LogP contribution in [0.25, 0.3) is 0 Å². The van der Waals surface area contributed by atoms with E-state index in [4.69, 9.17) is 0 Å². The Balaban J connectivity index is 1.66. The lowest BCUT2D eigenvalue weighted by Crippen LogP contribution is -2.54. The lowest BCUT2D eigenvalue weighted by molar-refractivity contribution is -0.165. The highest BCUT2D eigenvalue weighted by atomic mass is 16.4. The summed E-state index contributed by atoms with van der Waals surface area (Å²) in [4.78, 5) is 12.0. The Kier molecular flexibility index (Phi) is 3.17. The normalized spacial score (nSPS) is 52.6. The van der Waals surface area contributed by atoms with Crippen molar-refractivity contribution in [3.63, 3.8) is 0 Å². The molecule has 0 heterocycles. The average Bonchev–Trinajstić information content (AvgIpc) is 2.92. The van der Waals surface area contributed by atoms with Crippen molar-refractivity contribution in [3.8, 4) is 0 Å². The van der Waals surface area contributed by atoms with Crippen LogP contribution in [0.1, 0.15) is 77.6 Å². The Morgan fingerprint density at radius 3 is 2.57 bits per heavy atom. The molecule has 0 aliphatic heterocycles. The van der Waals surface area contributed by atoms with Crippen molar-refractivity contribution in [1.82, 2.24) is 0 Å². The van der Waals surface area contributed by atoms with Crippen LogP contribution in [0.3, 0.4) is 0 Å². The first-order valence-electron chi connectivity index (χ1n) is 9.31. The third kappa shape index (κ3) is 1.80. The van der Waals surface area contributed by atoms with Gasteiger partial charge in [-0.1, -0.05) is 26.2 Å². The molecule has 1 unspecified atom stereocenters. The van der Waals surface area contributed by atoms with Gasteiger partial charge in [-0.05, 0) is 80.5 Å². The van der Waals surface area contributed by atoms with Gasteiger partial charge in [-0.3, -0.25) is 4.79 Å². The molecule has 21 heavy (non-hydrogen) atoms. The smallest absolute Gasteiger partial charge is 0.309 e. The molecule has 0 saturated heterocycles. The van der Waals surface area contributed by atoms with Crippen molar-refractivity contribution in [2.45, 2.75) is 77.6 Å². The van der Waals surface area contributed by atoms with E-state index in [0.717, 1.165) is 37.0 Å². The predicted molar refractivity (Wildman–Crippen MR) is 82.9 cm³/mol. The van der Waals surface area contributed by atoms with E-state index in [9.17, 15) is 9.90 Å². The molecule has 4 saturated carbocycles. The van der Waals surface area contributed by atoms with E-state index in [1.54, 1.807) is 0 Å². The van der Waals surface area contributed by atoms with E-state index in [0.29, 0.717) is 11.3 Å². The molecule has 0 aromatic rings. The van der Waals surface area contributed by atoms with Gasteiger partial charge in [0.25, 0.3) is 0 Å². The first-order valence-corrected chi connectivity index (χ1v) is 9.31. The fourth-order valence-electron chi connectivity index (χ4n) is 7.32. The molecule has 4 aliphatic rings. The van der Waals surface area contributed by atoms with E-state index in [2.05, 4.69) is 6.92 Å². The largest absolute Gasteiger partial charge is 0.481 e. The lowest BCUT2D eigenvalue weighted by Gasteiger charge is -2.59. The van der Waals surface area contributed by atoms with Crippen LogP contribution in [-0.2, 0) is 4.79 Å². The van der Waals surface area contributed by atoms with E-state index in [1.807, 2.05) is 0 Å². The fourth-order valence-corrected chi connectivity index (χ4v) is 7.32. The summed E-state index contributed by atoms with van der Waals surface area (Å²) in [6.07, 6.45) is 13.8. The van der Waals surface area contributed by atoms with Gasteiger partial charge in [0.05, 0.1) is 5.41 Å². The van der Waals surface area contributed by atoms with E-state index in [1.165, 1.54) is 51.4 Å². The van der Waals surface area contributed by atoms with Gasteiger partial charge in [0.2, 0.25) is 0 Å². The quantitative estimate of drug-likeness (QED) is 0.747. The highest BCUT2D eigenvalue weighted by Crippen LogP contribution is 2.66. The Morgan fingerprint density at radius 2 is 1.76 bits per heavy atom. The van der Waals surface area contributed by atoms with Gasteiger partial charge >= 0.3 is 5.97 Å². The second-order valence-corrected chi connectivity index (χ2v) is 8.79. The molecule has 4 rings (SSSR count). The summed E-state index contributed by atoms with van der Waals surface area (Å²) in [5.74, 6) is 2.50. The summed E-state index contributed by atoms with van der Waals surface area (Å²) in [5.41, 5.74) is 0.202. The van der Waals surface area contributed by atoms with Crippen molar-refractivity contribution in [2.24, 2.45) is 34.5 Å². The maximum absolute atomic E-state index is 12.0. The Bertz CT molecular complexity index is 445. The molecule has 0 amide bonds. The zero-order valence-corrected chi connectivity index (χ0v) is 13.4. The highest BCUT2D eigenvalue weighted by Gasteiger charge is 2.61. The Hall–Kier alpha value is -0.530.